The smallest absolute Gasteiger partial charge is 0.366 e. The third-order valence-corrected chi connectivity index (χ3v) is 2.50. The van der Waals surface area contributed by atoms with Crippen molar-refractivity contribution >= 4 is 5.91 Å². The molecule has 2 rings (SSSR count). The zero-order valence-electron chi connectivity index (χ0n) is 9.61. The number of pyridine rings is 1. The quantitative estimate of drug-likeness (QED) is 0.908. The van der Waals surface area contributed by atoms with Crippen LogP contribution in [0, 0.1) is 0 Å². The van der Waals surface area contributed by atoms with Gasteiger partial charge in [0, 0.05) is 5.56 Å². The van der Waals surface area contributed by atoms with Gasteiger partial charge in [-0.15, -0.1) is 0 Å². The van der Waals surface area contributed by atoms with Crippen LogP contribution in [-0.4, -0.2) is 10.9 Å². The fourth-order valence-electron chi connectivity index (χ4n) is 1.63. The Kier molecular flexibility index (Phi) is 3.25. The second-order valence-corrected chi connectivity index (χ2v) is 3.82. The number of alkyl halides is 3. The van der Waals surface area contributed by atoms with Crippen LogP contribution in [0.5, 0.6) is 0 Å². The molecule has 2 aromatic rings. The van der Waals surface area contributed by atoms with E-state index in [0.717, 1.165) is 12.1 Å². The molecule has 1 amide bonds. The minimum Gasteiger partial charge on any atom is -0.366 e. The summed E-state index contributed by atoms with van der Waals surface area (Å²) in [6.45, 7) is 0. The van der Waals surface area contributed by atoms with Crippen molar-refractivity contribution in [3.8, 4) is 11.3 Å². The van der Waals surface area contributed by atoms with Gasteiger partial charge in [-0.05, 0) is 12.1 Å². The number of carbonyl (C=O) groups is 1. The number of primary amides is 1. The Hall–Kier alpha value is -2.37. The molecular formula is C13H9F3N2O. The van der Waals surface area contributed by atoms with Crippen LogP contribution >= 0.6 is 0 Å². The molecule has 98 valence electrons. The number of hydrogen-bond acceptors (Lipinski definition) is 2. The lowest BCUT2D eigenvalue weighted by atomic mass is 10.0. The Morgan fingerprint density at radius 2 is 1.68 bits per heavy atom. The molecule has 19 heavy (non-hydrogen) atoms. The lowest BCUT2D eigenvalue weighted by Gasteiger charge is -2.10. The fraction of sp³-hybridized carbons (Fsp3) is 0.0769. The van der Waals surface area contributed by atoms with E-state index in [1.54, 1.807) is 30.3 Å². The summed E-state index contributed by atoms with van der Waals surface area (Å²) in [6.07, 6.45) is -4.57. The second-order valence-electron chi connectivity index (χ2n) is 3.82. The predicted octanol–water partition coefficient (Wildman–Crippen LogP) is 2.87. The zero-order chi connectivity index (χ0) is 14.0. The van der Waals surface area contributed by atoms with E-state index in [4.69, 9.17) is 5.73 Å². The molecule has 1 aromatic heterocycles. The van der Waals surface area contributed by atoms with E-state index in [1.807, 2.05) is 0 Å². The predicted molar refractivity (Wildman–Crippen MR) is 63.2 cm³/mol. The first-order valence-electron chi connectivity index (χ1n) is 5.33. The molecule has 6 heteroatoms. The van der Waals surface area contributed by atoms with E-state index in [9.17, 15) is 18.0 Å². The van der Waals surface area contributed by atoms with Gasteiger partial charge in [-0.1, -0.05) is 30.3 Å². The van der Waals surface area contributed by atoms with Gasteiger partial charge in [-0.2, -0.15) is 13.2 Å². The molecule has 0 saturated heterocycles. The van der Waals surface area contributed by atoms with E-state index < -0.39 is 17.8 Å². The van der Waals surface area contributed by atoms with E-state index in [2.05, 4.69) is 4.98 Å². The molecule has 3 nitrogen and oxygen atoms in total. The third-order valence-electron chi connectivity index (χ3n) is 2.50. The average Bonchev–Trinajstić information content (AvgIpc) is 2.38. The van der Waals surface area contributed by atoms with Gasteiger partial charge in [0.25, 0.3) is 5.91 Å². The second kappa shape index (κ2) is 4.72. The monoisotopic (exact) mass is 266 g/mol. The molecule has 0 fully saturated rings. The maximum absolute atomic E-state index is 12.6. The highest BCUT2D eigenvalue weighted by Crippen LogP contribution is 2.31. The van der Waals surface area contributed by atoms with Crippen LogP contribution in [0.1, 0.15) is 16.1 Å². The standard InChI is InChI=1S/C13H9F3N2O/c14-13(15,16)10-7-6-9(12(17)19)11(18-10)8-4-2-1-3-5-8/h1-7H,(H2,17,19). The highest BCUT2D eigenvalue weighted by molar-refractivity contribution is 5.98. The molecule has 0 atom stereocenters. The van der Waals surface area contributed by atoms with Crippen molar-refractivity contribution < 1.29 is 18.0 Å². The summed E-state index contributed by atoms with van der Waals surface area (Å²) in [5.41, 5.74) is 4.39. The van der Waals surface area contributed by atoms with Crippen molar-refractivity contribution in [1.29, 1.82) is 0 Å². The summed E-state index contributed by atoms with van der Waals surface area (Å²) in [4.78, 5) is 14.8. The van der Waals surface area contributed by atoms with Gasteiger partial charge in [0.05, 0.1) is 11.3 Å². The lowest BCUT2D eigenvalue weighted by Crippen LogP contribution is -2.16. The fourth-order valence-corrected chi connectivity index (χ4v) is 1.63. The number of nitrogens with zero attached hydrogens (tertiary/aromatic N) is 1. The molecule has 0 spiro atoms. The highest BCUT2D eigenvalue weighted by Gasteiger charge is 2.33. The van der Waals surface area contributed by atoms with Crippen molar-refractivity contribution in [2.75, 3.05) is 0 Å². The van der Waals surface area contributed by atoms with Crippen LogP contribution in [0.4, 0.5) is 13.2 Å². The number of halogens is 3. The molecule has 0 aliphatic heterocycles. The summed E-state index contributed by atoms with van der Waals surface area (Å²) in [7, 11) is 0. The summed E-state index contributed by atoms with van der Waals surface area (Å²) in [6, 6.07) is 9.90. The summed E-state index contributed by atoms with van der Waals surface area (Å²) in [5.74, 6) is -0.819. The molecule has 0 aliphatic rings. The Bertz CT molecular complexity index is 609. The number of carbonyl (C=O) groups excluding carboxylic acids is 1. The van der Waals surface area contributed by atoms with Gasteiger partial charge in [0.1, 0.15) is 5.69 Å². The molecule has 1 aromatic carbocycles. The summed E-state index contributed by atoms with van der Waals surface area (Å²) in [5, 5.41) is 0. The summed E-state index contributed by atoms with van der Waals surface area (Å²) < 4.78 is 37.9. The highest BCUT2D eigenvalue weighted by atomic mass is 19.4. The summed E-state index contributed by atoms with van der Waals surface area (Å²) >= 11 is 0. The molecule has 0 aliphatic carbocycles. The van der Waals surface area contributed by atoms with Crippen LogP contribution in [0.2, 0.25) is 0 Å². The maximum Gasteiger partial charge on any atom is 0.433 e. The van der Waals surface area contributed by atoms with Crippen molar-refractivity contribution in [2.45, 2.75) is 6.18 Å². The average molecular weight is 266 g/mol. The Morgan fingerprint density at radius 1 is 1.05 bits per heavy atom. The first kappa shape index (κ1) is 13.1. The number of nitrogens with two attached hydrogens (primary N) is 1. The van der Waals surface area contributed by atoms with Gasteiger partial charge >= 0.3 is 6.18 Å². The third kappa shape index (κ3) is 2.73. The van der Waals surface area contributed by atoms with Crippen LogP contribution in [0.3, 0.4) is 0 Å². The van der Waals surface area contributed by atoms with E-state index in [0.29, 0.717) is 5.56 Å². The first-order valence-corrected chi connectivity index (χ1v) is 5.33. The van der Waals surface area contributed by atoms with Gasteiger partial charge in [0.2, 0.25) is 0 Å². The van der Waals surface area contributed by atoms with Gasteiger partial charge in [-0.3, -0.25) is 4.79 Å². The number of amides is 1. The Balaban J connectivity index is 2.65. The van der Waals surface area contributed by atoms with Gasteiger partial charge < -0.3 is 5.73 Å². The van der Waals surface area contributed by atoms with Crippen LogP contribution in [-0.2, 0) is 6.18 Å². The SMILES string of the molecule is NC(=O)c1ccc(C(F)(F)F)nc1-c1ccccc1. The number of benzene rings is 1. The number of rotatable bonds is 2. The Morgan fingerprint density at radius 3 is 2.21 bits per heavy atom. The molecule has 0 unspecified atom stereocenters. The molecule has 2 N–H and O–H groups in total. The zero-order valence-corrected chi connectivity index (χ0v) is 9.61. The van der Waals surface area contributed by atoms with Crippen LogP contribution in [0.25, 0.3) is 11.3 Å². The number of hydrogen-bond donors (Lipinski definition) is 1. The number of aromatic nitrogens is 1. The molecule has 1 heterocycles. The minimum atomic E-state index is -4.57. The largest absolute Gasteiger partial charge is 0.433 e. The first-order chi connectivity index (χ1) is 8.89. The Labute approximate surface area is 106 Å². The van der Waals surface area contributed by atoms with Crippen molar-refractivity contribution in [2.24, 2.45) is 5.73 Å². The van der Waals surface area contributed by atoms with Crippen molar-refractivity contribution in [3.05, 3.63) is 53.7 Å². The van der Waals surface area contributed by atoms with Gasteiger partial charge in [0.15, 0.2) is 0 Å². The van der Waals surface area contributed by atoms with E-state index >= 15 is 0 Å². The van der Waals surface area contributed by atoms with Crippen molar-refractivity contribution in [3.63, 3.8) is 0 Å². The maximum atomic E-state index is 12.6. The van der Waals surface area contributed by atoms with Crippen LogP contribution < -0.4 is 5.73 Å². The van der Waals surface area contributed by atoms with Crippen molar-refractivity contribution in [1.82, 2.24) is 4.98 Å². The molecule has 0 radical (unpaired) electrons. The van der Waals surface area contributed by atoms with E-state index in [1.165, 1.54) is 0 Å². The van der Waals surface area contributed by atoms with E-state index in [-0.39, 0.29) is 11.3 Å². The van der Waals surface area contributed by atoms with Gasteiger partial charge in [-0.25, -0.2) is 4.98 Å². The molecular weight excluding hydrogens is 257 g/mol. The van der Waals surface area contributed by atoms with Crippen LogP contribution in [0.15, 0.2) is 42.5 Å². The molecule has 0 bridgehead atoms. The molecule has 0 saturated carbocycles. The minimum absolute atomic E-state index is 0.0424. The normalized spacial score (nSPS) is 11.3. The topological polar surface area (TPSA) is 56.0 Å². The lowest BCUT2D eigenvalue weighted by molar-refractivity contribution is -0.141.